The summed E-state index contributed by atoms with van der Waals surface area (Å²) in [5.41, 5.74) is -1.37. The van der Waals surface area contributed by atoms with Crippen LogP contribution in [0.25, 0.3) is 0 Å². The van der Waals surface area contributed by atoms with Gasteiger partial charge in [0.1, 0.15) is 5.41 Å². The van der Waals surface area contributed by atoms with E-state index in [1.165, 1.54) is 36.4 Å². The summed E-state index contributed by atoms with van der Waals surface area (Å²) in [5, 5.41) is 0.434. The Hall–Kier alpha value is -0.990. The smallest absolute Gasteiger partial charge is 0.329 e. The maximum absolute atomic E-state index is 11.6. The summed E-state index contributed by atoms with van der Waals surface area (Å²) in [6.07, 6.45) is 0.0649. The Labute approximate surface area is 105 Å². The number of hydrogen-bond donors (Lipinski definition) is 0. The molecule has 1 fully saturated rings. The third kappa shape index (κ3) is 2.39. The van der Waals surface area contributed by atoms with Crippen molar-refractivity contribution >= 4 is 44.2 Å². The molecule has 1 aliphatic heterocycles. The minimum absolute atomic E-state index is 0.0325. The van der Waals surface area contributed by atoms with Crippen molar-refractivity contribution in [3.05, 3.63) is 0 Å². The van der Waals surface area contributed by atoms with Crippen LogP contribution < -0.4 is 0 Å². The zero-order valence-electron chi connectivity index (χ0n) is 8.78. The van der Waals surface area contributed by atoms with Crippen LogP contribution in [0, 0.1) is 5.41 Å². The normalized spacial score (nSPS) is 16.6. The van der Waals surface area contributed by atoms with Gasteiger partial charge in [0.25, 0.3) is 11.8 Å². The Morgan fingerprint density at radius 2 is 1.69 bits per heavy atom. The second-order valence-corrected chi connectivity index (χ2v) is 4.84. The molecule has 0 saturated carbocycles. The summed E-state index contributed by atoms with van der Waals surface area (Å²) in [7, 11) is 0. The predicted octanol–water partition coefficient (Wildman–Crippen LogP) is 0.581. The highest BCUT2D eigenvalue weighted by Gasteiger charge is 2.41. The van der Waals surface area contributed by atoms with E-state index < -0.39 is 27.0 Å². The van der Waals surface area contributed by atoms with Crippen molar-refractivity contribution < 1.29 is 24.0 Å². The number of nitrogens with zero attached hydrogens (tertiary/aromatic N) is 1. The zero-order chi connectivity index (χ0) is 12.5. The summed E-state index contributed by atoms with van der Waals surface area (Å²) < 4.78 is -0.422. The van der Waals surface area contributed by atoms with E-state index in [4.69, 9.17) is 0 Å². The molecular weight excluding hydrogens is 329 g/mol. The van der Waals surface area contributed by atoms with Crippen LogP contribution in [0.15, 0.2) is 0 Å². The third-order valence-corrected chi connectivity index (χ3v) is 3.53. The predicted molar refractivity (Wildman–Crippen MR) is 60.0 cm³/mol. The first-order valence-corrected chi connectivity index (χ1v) is 5.63. The highest BCUT2D eigenvalue weighted by atomic mass is 127. The second kappa shape index (κ2) is 4.48. The molecule has 1 aliphatic rings. The molecule has 0 atom stereocenters. The van der Waals surface area contributed by atoms with Gasteiger partial charge in [-0.15, -0.1) is 5.06 Å². The lowest BCUT2D eigenvalue weighted by molar-refractivity contribution is -0.203. The van der Waals surface area contributed by atoms with Crippen molar-refractivity contribution in [2.24, 2.45) is 5.41 Å². The summed E-state index contributed by atoms with van der Waals surface area (Å²) in [5.74, 6) is -2.03. The van der Waals surface area contributed by atoms with Gasteiger partial charge in [0.15, 0.2) is 0 Å². The van der Waals surface area contributed by atoms with Crippen LogP contribution in [0.2, 0.25) is 0 Å². The topological polar surface area (TPSA) is 80.8 Å². The van der Waals surface area contributed by atoms with E-state index in [0.29, 0.717) is 5.06 Å². The lowest BCUT2D eigenvalue weighted by Crippen LogP contribution is -2.40. The van der Waals surface area contributed by atoms with E-state index in [1.807, 2.05) is 0 Å². The fourth-order valence-corrected chi connectivity index (χ4v) is 1.16. The number of halogens is 1. The molecule has 1 heterocycles. The van der Waals surface area contributed by atoms with Gasteiger partial charge in [-0.2, -0.15) is 0 Å². The first kappa shape index (κ1) is 13.1. The van der Waals surface area contributed by atoms with Gasteiger partial charge in [-0.05, 0) is 13.8 Å². The Kier molecular flexibility index (Phi) is 3.66. The van der Waals surface area contributed by atoms with E-state index in [1.54, 1.807) is 0 Å². The van der Waals surface area contributed by atoms with Crippen molar-refractivity contribution in [1.29, 1.82) is 0 Å². The standard InChI is InChI=1S/C9H10INO5/c1-9(2,7(10)14)8(15)16-11-5(12)3-4-6(11)13/h3-4H2,1-2H3. The van der Waals surface area contributed by atoms with E-state index in [0.717, 1.165) is 0 Å². The maximum atomic E-state index is 11.6. The van der Waals surface area contributed by atoms with Crippen molar-refractivity contribution in [3.63, 3.8) is 0 Å². The molecule has 0 aromatic rings. The zero-order valence-corrected chi connectivity index (χ0v) is 10.9. The lowest BCUT2D eigenvalue weighted by Gasteiger charge is -2.20. The number of hydrogen-bond acceptors (Lipinski definition) is 5. The number of imide groups is 1. The maximum Gasteiger partial charge on any atom is 0.346 e. The highest BCUT2D eigenvalue weighted by molar-refractivity contribution is 14.1. The van der Waals surface area contributed by atoms with Crippen LogP contribution in [0.5, 0.6) is 0 Å². The number of carbonyl (C=O) groups is 4. The number of carbonyl (C=O) groups excluding carboxylic acids is 4. The molecule has 0 aromatic carbocycles. The van der Waals surface area contributed by atoms with Crippen LogP contribution >= 0.6 is 22.6 Å². The van der Waals surface area contributed by atoms with Crippen LogP contribution in [0.1, 0.15) is 26.7 Å². The molecule has 0 spiro atoms. The van der Waals surface area contributed by atoms with Crippen molar-refractivity contribution in [1.82, 2.24) is 5.06 Å². The summed E-state index contributed by atoms with van der Waals surface area (Å²) >= 11 is 1.47. The first-order valence-electron chi connectivity index (χ1n) is 4.55. The minimum Gasteiger partial charge on any atom is -0.329 e. The average Bonchev–Trinajstić information content (AvgIpc) is 2.49. The van der Waals surface area contributed by atoms with Crippen molar-refractivity contribution in [2.75, 3.05) is 0 Å². The minimum atomic E-state index is -1.37. The van der Waals surface area contributed by atoms with Gasteiger partial charge in [-0.3, -0.25) is 14.4 Å². The molecule has 2 amide bonds. The second-order valence-electron chi connectivity index (χ2n) is 3.86. The van der Waals surface area contributed by atoms with Gasteiger partial charge in [0.05, 0.1) is 0 Å². The SMILES string of the molecule is CC(C)(C(=O)I)C(=O)ON1C(=O)CCC1=O. The van der Waals surface area contributed by atoms with Crippen LogP contribution in [0.3, 0.4) is 0 Å². The van der Waals surface area contributed by atoms with Crippen molar-refractivity contribution in [3.8, 4) is 0 Å². The molecular formula is C9H10INO5. The van der Waals surface area contributed by atoms with E-state index >= 15 is 0 Å². The summed E-state index contributed by atoms with van der Waals surface area (Å²) in [4.78, 5) is 49.6. The molecule has 16 heavy (non-hydrogen) atoms. The Bertz CT molecular complexity index is 360. The molecule has 0 aromatic heterocycles. The third-order valence-electron chi connectivity index (χ3n) is 2.18. The number of rotatable bonds is 3. The monoisotopic (exact) mass is 339 g/mol. The Morgan fingerprint density at radius 1 is 1.25 bits per heavy atom. The first-order chi connectivity index (χ1) is 7.26. The Balaban J connectivity index is 2.75. The largest absolute Gasteiger partial charge is 0.346 e. The van der Waals surface area contributed by atoms with E-state index in [-0.39, 0.29) is 12.8 Å². The number of hydroxylamine groups is 2. The molecule has 0 radical (unpaired) electrons. The van der Waals surface area contributed by atoms with Crippen molar-refractivity contribution in [2.45, 2.75) is 26.7 Å². The molecule has 1 rings (SSSR count). The Morgan fingerprint density at radius 3 is 2.06 bits per heavy atom. The molecule has 88 valence electrons. The molecule has 0 bridgehead atoms. The van der Waals surface area contributed by atoms with Crippen LogP contribution in [-0.4, -0.2) is 26.6 Å². The average molecular weight is 339 g/mol. The van der Waals surface area contributed by atoms with Gasteiger partial charge in [-0.1, -0.05) is 0 Å². The fraction of sp³-hybridized carbons (Fsp3) is 0.556. The molecule has 6 nitrogen and oxygen atoms in total. The van der Waals surface area contributed by atoms with E-state index in [2.05, 4.69) is 4.84 Å². The van der Waals surface area contributed by atoms with Gasteiger partial charge >= 0.3 is 5.97 Å². The molecule has 0 N–H and O–H groups in total. The van der Waals surface area contributed by atoms with Crippen LogP contribution in [-0.2, 0) is 24.0 Å². The van der Waals surface area contributed by atoms with Gasteiger partial charge < -0.3 is 4.84 Å². The van der Waals surface area contributed by atoms with Crippen LogP contribution in [0.4, 0.5) is 0 Å². The number of amides is 2. The lowest BCUT2D eigenvalue weighted by atomic mass is 9.97. The molecule has 0 aliphatic carbocycles. The van der Waals surface area contributed by atoms with Gasteiger partial charge in [0, 0.05) is 35.4 Å². The fourth-order valence-electron chi connectivity index (χ4n) is 0.935. The molecule has 1 saturated heterocycles. The summed E-state index contributed by atoms with van der Waals surface area (Å²) in [6.45, 7) is 2.74. The molecule has 7 heteroatoms. The van der Waals surface area contributed by atoms with Gasteiger partial charge in [-0.25, -0.2) is 4.79 Å². The quantitative estimate of drug-likeness (QED) is 0.325. The highest BCUT2D eigenvalue weighted by Crippen LogP contribution is 2.24. The van der Waals surface area contributed by atoms with E-state index in [9.17, 15) is 19.2 Å². The van der Waals surface area contributed by atoms with Gasteiger partial charge in [0.2, 0.25) is 3.79 Å². The molecule has 0 unspecified atom stereocenters. The summed E-state index contributed by atoms with van der Waals surface area (Å²) in [6, 6.07) is 0.